The predicted octanol–water partition coefficient (Wildman–Crippen LogP) is 3.69. The summed E-state index contributed by atoms with van der Waals surface area (Å²) in [5.41, 5.74) is 0.0322. The number of carbonyl (C=O) groups excluding carboxylic acids is 1. The Bertz CT molecular complexity index is 828. The molecule has 2 aromatic rings. The number of hydrogen-bond donors (Lipinski definition) is 2. The number of aromatic nitrogens is 3. The van der Waals surface area contributed by atoms with E-state index in [2.05, 4.69) is 30.3 Å². The molecular weight excluding hydrogens is 401 g/mol. The molecule has 0 saturated heterocycles. The van der Waals surface area contributed by atoms with Gasteiger partial charge in [-0.2, -0.15) is 18.7 Å². The molecule has 0 bridgehead atoms. The zero-order valence-electron chi connectivity index (χ0n) is 13.4. The number of hydrogen-bond acceptors (Lipinski definition) is 5. The maximum absolute atomic E-state index is 13.1. The van der Waals surface area contributed by atoms with E-state index in [0.29, 0.717) is 0 Å². The molecule has 7 nitrogen and oxygen atoms in total. The normalized spacial score (nSPS) is 11.8. The number of ether oxygens (including phenoxy) is 1. The van der Waals surface area contributed by atoms with Gasteiger partial charge in [-0.3, -0.25) is 5.32 Å². The van der Waals surface area contributed by atoms with Crippen molar-refractivity contribution in [2.45, 2.75) is 25.2 Å². The second-order valence-corrected chi connectivity index (χ2v) is 5.47. The molecule has 0 aliphatic heterocycles. The molecule has 0 aliphatic rings. The number of anilines is 1. The Labute approximate surface area is 153 Å². The van der Waals surface area contributed by atoms with Crippen molar-refractivity contribution in [2.24, 2.45) is 0 Å². The monoisotopic (exact) mass is 411 g/mol. The molecule has 0 radical (unpaired) electrons. The van der Waals surface area contributed by atoms with E-state index < -0.39 is 35.3 Å². The minimum absolute atomic E-state index is 0.0322. The first kappa shape index (κ1) is 20.6. The molecule has 1 aromatic carbocycles. The summed E-state index contributed by atoms with van der Waals surface area (Å²) in [6.45, 7) is 0.933. The maximum atomic E-state index is 13.1. The summed E-state index contributed by atoms with van der Waals surface area (Å²) < 4.78 is 67.1. The Morgan fingerprint density at radius 1 is 1.15 bits per heavy atom. The minimum atomic E-state index is -4.90. The van der Waals surface area contributed by atoms with Crippen LogP contribution >= 0.6 is 11.6 Å². The molecule has 0 saturated carbocycles. The number of aryl methyl sites for hydroxylation is 1. The van der Waals surface area contributed by atoms with Crippen LogP contribution in [0.15, 0.2) is 24.3 Å². The molecule has 27 heavy (non-hydrogen) atoms. The lowest BCUT2D eigenvalue weighted by molar-refractivity contribution is -0.274. The van der Waals surface area contributed by atoms with Crippen molar-refractivity contribution in [2.75, 3.05) is 5.32 Å². The number of para-hydroxylation sites is 1. The Balaban J connectivity index is 2.05. The summed E-state index contributed by atoms with van der Waals surface area (Å²) in [6.07, 6.45) is -4.90. The fourth-order valence-corrected chi connectivity index (χ4v) is 1.94. The molecule has 13 heteroatoms. The summed E-state index contributed by atoms with van der Waals surface area (Å²) in [6, 6.07) is 4.20. The molecular formula is C14H11ClF5N5O2. The Morgan fingerprint density at radius 2 is 1.81 bits per heavy atom. The number of urea groups is 1. The van der Waals surface area contributed by atoms with Crippen molar-refractivity contribution >= 4 is 23.6 Å². The van der Waals surface area contributed by atoms with E-state index in [9.17, 15) is 26.7 Å². The number of nitrogens with one attached hydrogen (secondary N) is 2. The highest BCUT2D eigenvalue weighted by Crippen LogP contribution is 2.29. The van der Waals surface area contributed by atoms with E-state index in [1.165, 1.54) is 25.1 Å². The van der Waals surface area contributed by atoms with Crippen LogP contribution in [0.1, 0.15) is 17.2 Å². The predicted molar refractivity (Wildman–Crippen MR) is 83.3 cm³/mol. The van der Waals surface area contributed by atoms with Gasteiger partial charge >= 0.3 is 17.8 Å². The summed E-state index contributed by atoms with van der Waals surface area (Å²) in [5, 5.41) is 0.432. The van der Waals surface area contributed by atoms with E-state index in [0.717, 1.165) is 6.07 Å². The number of nitrogens with zero attached hydrogens (tertiary/aromatic N) is 3. The van der Waals surface area contributed by atoms with Crippen molar-refractivity contribution in [3.63, 3.8) is 0 Å². The number of amides is 2. The Hall–Kier alpha value is -2.76. The molecule has 146 valence electrons. The lowest BCUT2D eigenvalue weighted by Crippen LogP contribution is -2.30. The van der Waals surface area contributed by atoms with Gasteiger partial charge in [0, 0.05) is 12.1 Å². The first-order chi connectivity index (χ1) is 12.4. The van der Waals surface area contributed by atoms with Crippen molar-refractivity contribution in [1.29, 1.82) is 0 Å². The molecule has 2 amide bonds. The third-order valence-corrected chi connectivity index (χ3v) is 3.03. The fraction of sp³-hybridized carbons (Fsp3) is 0.286. The molecule has 1 heterocycles. The number of benzene rings is 1. The van der Waals surface area contributed by atoms with Gasteiger partial charge < -0.3 is 10.1 Å². The maximum Gasteiger partial charge on any atom is 0.573 e. The van der Waals surface area contributed by atoms with Gasteiger partial charge in [0.25, 0.3) is 0 Å². The second kappa shape index (κ2) is 7.86. The van der Waals surface area contributed by atoms with Crippen molar-refractivity contribution in [3.8, 4) is 5.75 Å². The minimum Gasteiger partial charge on any atom is -0.405 e. The van der Waals surface area contributed by atoms with Crippen LogP contribution < -0.4 is 15.4 Å². The SMILES string of the molecule is Cc1nc(NC(=O)NCc2ccccc2OC(F)(F)F)nc(C(F)(F)Cl)n1. The van der Waals surface area contributed by atoms with Gasteiger partial charge in [0.1, 0.15) is 11.6 Å². The molecule has 2 N–H and O–H groups in total. The van der Waals surface area contributed by atoms with Crippen LogP contribution in [-0.4, -0.2) is 27.3 Å². The number of halogens is 6. The number of alkyl halides is 6. The van der Waals surface area contributed by atoms with Crippen LogP contribution in [0.25, 0.3) is 0 Å². The molecule has 2 rings (SSSR count). The lowest BCUT2D eigenvalue weighted by Gasteiger charge is -2.14. The molecule has 0 fully saturated rings. The van der Waals surface area contributed by atoms with Gasteiger partial charge in [-0.05, 0) is 24.6 Å². The Kier molecular flexibility index (Phi) is 5.98. The third kappa shape index (κ3) is 6.47. The van der Waals surface area contributed by atoms with Crippen LogP contribution in [-0.2, 0) is 11.9 Å². The van der Waals surface area contributed by atoms with Crippen LogP contribution in [0.2, 0.25) is 0 Å². The first-order valence-corrected chi connectivity index (χ1v) is 7.50. The zero-order chi connectivity index (χ0) is 20.2. The summed E-state index contributed by atoms with van der Waals surface area (Å²) in [7, 11) is 0. The highest BCUT2D eigenvalue weighted by Gasteiger charge is 2.33. The molecule has 0 atom stereocenters. The van der Waals surface area contributed by atoms with Crippen LogP contribution in [0.5, 0.6) is 5.75 Å². The van der Waals surface area contributed by atoms with Crippen LogP contribution in [0, 0.1) is 6.92 Å². The second-order valence-electron chi connectivity index (χ2n) is 4.99. The van der Waals surface area contributed by atoms with Crippen molar-refractivity contribution in [3.05, 3.63) is 41.5 Å². The van der Waals surface area contributed by atoms with E-state index >= 15 is 0 Å². The van der Waals surface area contributed by atoms with Crippen molar-refractivity contribution in [1.82, 2.24) is 20.3 Å². The zero-order valence-corrected chi connectivity index (χ0v) is 14.2. The van der Waals surface area contributed by atoms with Crippen LogP contribution in [0.4, 0.5) is 32.7 Å². The number of rotatable bonds is 5. The smallest absolute Gasteiger partial charge is 0.405 e. The third-order valence-electron chi connectivity index (χ3n) is 2.86. The standard InChI is InChI=1S/C14H11ClF5N5O2/c1-7-22-10(13(15,16)17)24-11(23-7)25-12(26)21-6-8-4-2-3-5-9(8)27-14(18,19)20/h2-5H,6H2,1H3,(H2,21,22,23,24,25,26). The fourth-order valence-electron chi connectivity index (χ4n) is 1.86. The van der Waals surface area contributed by atoms with E-state index in [1.54, 1.807) is 0 Å². The summed E-state index contributed by atoms with van der Waals surface area (Å²) in [5.74, 6) is -2.18. The summed E-state index contributed by atoms with van der Waals surface area (Å²) >= 11 is 4.83. The van der Waals surface area contributed by atoms with Gasteiger partial charge in [-0.15, -0.1) is 13.2 Å². The van der Waals surface area contributed by atoms with Crippen LogP contribution in [0.3, 0.4) is 0 Å². The number of carbonyl (C=O) groups is 1. The Morgan fingerprint density at radius 3 is 2.44 bits per heavy atom. The lowest BCUT2D eigenvalue weighted by atomic mass is 10.2. The van der Waals surface area contributed by atoms with Crippen molar-refractivity contribution < 1.29 is 31.5 Å². The molecule has 0 spiro atoms. The average molecular weight is 412 g/mol. The first-order valence-electron chi connectivity index (χ1n) is 7.12. The topological polar surface area (TPSA) is 89.0 Å². The van der Waals surface area contributed by atoms with Gasteiger partial charge in [0.05, 0.1) is 0 Å². The van der Waals surface area contributed by atoms with E-state index in [4.69, 9.17) is 11.6 Å². The quantitative estimate of drug-likeness (QED) is 0.578. The molecule has 0 unspecified atom stereocenters. The molecule has 1 aromatic heterocycles. The summed E-state index contributed by atoms with van der Waals surface area (Å²) in [4.78, 5) is 22.2. The van der Waals surface area contributed by atoms with E-state index in [1.807, 2.05) is 0 Å². The highest BCUT2D eigenvalue weighted by molar-refractivity contribution is 6.21. The van der Waals surface area contributed by atoms with Gasteiger partial charge in [-0.1, -0.05) is 18.2 Å². The van der Waals surface area contributed by atoms with Gasteiger partial charge in [-0.25, -0.2) is 9.78 Å². The highest BCUT2D eigenvalue weighted by atomic mass is 35.5. The van der Waals surface area contributed by atoms with E-state index in [-0.39, 0.29) is 17.9 Å². The molecule has 0 aliphatic carbocycles. The van der Waals surface area contributed by atoms with Gasteiger partial charge in [0.2, 0.25) is 11.8 Å². The van der Waals surface area contributed by atoms with Gasteiger partial charge in [0.15, 0.2) is 0 Å². The average Bonchev–Trinajstić information content (AvgIpc) is 2.51. The largest absolute Gasteiger partial charge is 0.573 e.